The summed E-state index contributed by atoms with van der Waals surface area (Å²) in [5, 5.41) is 6.41. The zero-order valence-electron chi connectivity index (χ0n) is 12.8. The standard InChI is InChI=1S/C18H16N2O3/c1-11-9-14(19-12(2)21)7-8-15(11)20-18(22)17-10-13-5-3-4-6-16(13)23-17/h3-10H,1-2H3,(H,19,21)(H,20,22). The molecule has 2 N–H and O–H groups in total. The van der Waals surface area contributed by atoms with Crippen LogP contribution in [0.5, 0.6) is 0 Å². The van der Waals surface area contributed by atoms with Crippen LogP contribution in [0, 0.1) is 6.92 Å². The van der Waals surface area contributed by atoms with Crippen molar-refractivity contribution in [2.24, 2.45) is 0 Å². The molecule has 0 spiro atoms. The molecule has 2 aromatic carbocycles. The number of carbonyl (C=O) groups is 2. The Balaban J connectivity index is 1.80. The molecular weight excluding hydrogens is 292 g/mol. The zero-order chi connectivity index (χ0) is 16.4. The predicted molar refractivity (Wildman–Crippen MR) is 89.6 cm³/mol. The van der Waals surface area contributed by atoms with Crippen molar-refractivity contribution in [1.82, 2.24) is 0 Å². The summed E-state index contributed by atoms with van der Waals surface area (Å²) in [5.74, 6) is -0.184. The van der Waals surface area contributed by atoms with Crippen molar-refractivity contribution < 1.29 is 14.0 Å². The van der Waals surface area contributed by atoms with Crippen LogP contribution < -0.4 is 10.6 Å². The van der Waals surface area contributed by atoms with Gasteiger partial charge >= 0.3 is 0 Å². The third-order valence-corrected chi connectivity index (χ3v) is 3.44. The Morgan fingerprint density at radius 3 is 2.48 bits per heavy atom. The van der Waals surface area contributed by atoms with Gasteiger partial charge in [0.05, 0.1) is 0 Å². The van der Waals surface area contributed by atoms with Crippen LogP contribution in [-0.2, 0) is 4.79 Å². The molecule has 0 aliphatic carbocycles. The first-order valence-corrected chi connectivity index (χ1v) is 7.21. The van der Waals surface area contributed by atoms with E-state index in [9.17, 15) is 9.59 Å². The van der Waals surface area contributed by atoms with Crippen molar-refractivity contribution in [1.29, 1.82) is 0 Å². The number of rotatable bonds is 3. The summed E-state index contributed by atoms with van der Waals surface area (Å²) in [6.45, 7) is 3.31. The molecule has 3 aromatic rings. The van der Waals surface area contributed by atoms with Crippen molar-refractivity contribution in [2.75, 3.05) is 10.6 Å². The number of hydrogen-bond acceptors (Lipinski definition) is 3. The number of furan rings is 1. The van der Waals surface area contributed by atoms with Crippen LogP contribution in [0.2, 0.25) is 0 Å². The number of anilines is 2. The van der Waals surface area contributed by atoms with Crippen molar-refractivity contribution in [2.45, 2.75) is 13.8 Å². The predicted octanol–water partition coefficient (Wildman–Crippen LogP) is 3.95. The monoisotopic (exact) mass is 308 g/mol. The van der Waals surface area contributed by atoms with Gasteiger partial charge in [-0.2, -0.15) is 0 Å². The highest BCUT2D eigenvalue weighted by molar-refractivity contribution is 6.05. The van der Waals surface area contributed by atoms with Gasteiger partial charge in [-0.25, -0.2) is 0 Å². The molecule has 0 aliphatic rings. The minimum atomic E-state index is -0.309. The van der Waals surface area contributed by atoms with E-state index < -0.39 is 0 Å². The van der Waals surface area contributed by atoms with E-state index >= 15 is 0 Å². The van der Waals surface area contributed by atoms with Crippen LogP contribution in [0.1, 0.15) is 23.0 Å². The second-order valence-electron chi connectivity index (χ2n) is 5.31. The van der Waals surface area contributed by atoms with Crippen LogP contribution in [-0.4, -0.2) is 11.8 Å². The largest absolute Gasteiger partial charge is 0.451 e. The van der Waals surface area contributed by atoms with Crippen molar-refractivity contribution in [3.05, 3.63) is 59.9 Å². The number of aryl methyl sites for hydroxylation is 1. The first kappa shape index (κ1) is 14.8. The Bertz CT molecular complexity index is 863. The van der Waals surface area contributed by atoms with Gasteiger partial charge in [-0.3, -0.25) is 9.59 Å². The number of carbonyl (C=O) groups excluding carboxylic acids is 2. The number of para-hydroxylation sites is 1. The molecule has 3 rings (SSSR count). The van der Waals surface area contributed by atoms with Gasteiger partial charge in [0.15, 0.2) is 5.76 Å². The van der Waals surface area contributed by atoms with Gasteiger partial charge in [-0.05, 0) is 42.8 Å². The van der Waals surface area contributed by atoms with Gasteiger partial charge < -0.3 is 15.1 Å². The highest BCUT2D eigenvalue weighted by Gasteiger charge is 2.13. The zero-order valence-corrected chi connectivity index (χ0v) is 12.8. The molecule has 116 valence electrons. The molecule has 5 heteroatoms. The minimum absolute atomic E-state index is 0.136. The summed E-state index contributed by atoms with van der Waals surface area (Å²) in [4.78, 5) is 23.4. The molecule has 1 heterocycles. The van der Waals surface area contributed by atoms with Crippen molar-refractivity contribution in [3.63, 3.8) is 0 Å². The van der Waals surface area contributed by atoms with E-state index in [1.165, 1.54) is 6.92 Å². The maximum absolute atomic E-state index is 12.3. The molecule has 0 aliphatic heterocycles. The van der Waals surface area contributed by atoms with E-state index in [0.717, 1.165) is 10.9 Å². The van der Waals surface area contributed by atoms with Gasteiger partial charge in [0.1, 0.15) is 5.58 Å². The Kier molecular flexibility index (Phi) is 3.85. The summed E-state index contributed by atoms with van der Waals surface area (Å²) in [6.07, 6.45) is 0. The van der Waals surface area contributed by atoms with Crippen LogP contribution in [0.15, 0.2) is 52.9 Å². The van der Waals surface area contributed by atoms with E-state index in [-0.39, 0.29) is 17.6 Å². The minimum Gasteiger partial charge on any atom is -0.451 e. The second kappa shape index (κ2) is 5.96. The Hall–Kier alpha value is -3.08. The third-order valence-electron chi connectivity index (χ3n) is 3.44. The first-order chi connectivity index (χ1) is 11.0. The number of benzene rings is 2. The van der Waals surface area contributed by atoms with Gasteiger partial charge in [0.25, 0.3) is 5.91 Å². The summed E-state index contributed by atoms with van der Waals surface area (Å²) in [7, 11) is 0. The van der Waals surface area contributed by atoms with Gasteiger partial charge in [-0.1, -0.05) is 18.2 Å². The smallest absolute Gasteiger partial charge is 0.291 e. The Labute approximate surface area is 133 Å². The lowest BCUT2D eigenvalue weighted by Gasteiger charge is -2.09. The SMILES string of the molecule is CC(=O)Nc1ccc(NC(=O)c2cc3ccccc3o2)c(C)c1. The van der Waals surface area contributed by atoms with Crippen LogP contribution in [0.4, 0.5) is 11.4 Å². The molecule has 0 saturated carbocycles. The summed E-state index contributed by atoms with van der Waals surface area (Å²) in [5.41, 5.74) is 2.89. The van der Waals surface area contributed by atoms with Gasteiger partial charge in [0.2, 0.25) is 5.91 Å². The lowest BCUT2D eigenvalue weighted by atomic mass is 10.1. The number of hydrogen-bond donors (Lipinski definition) is 2. The Morgan fingerprint density at radius 2 is 1.78 bits per heavy atom. The lowest BCUT2D eigenvalue weighted by Crippen LogP contribution is -2.12. The number of amides is 2. The molecule has 0 atom stereocenters. The molecule has 1 aromatic heterocycles. The highest BCUT2D eigenvalue weighted by atomic mass is 16.3. The summed E-state index contributed by atoms with van der Waals surface area (Å²) in [6, 6.07) is 14.5. The topological polar surface area (TPSA) is 71.3 Å². The maximum Gasteiger partial charge on any atom is 0.291 e. The molecule has 2 amide bonds. The number of fused-ring (bicyclic) bond motifs is 1. The van der Waals surface area contributed by atoms with E-state index in [4.69, 9.17) is 4.42 Å². The van der Waals surface area contributed by atoms with E-state index in [2.05, 4.69) is 10.6 Å². The Morgan fingerprint density at radius 1 is 1.00 bits per heavy atom. The summed E-state index contributed by atoms with van der Waals surface area (Å²) >= 11 is 0. The molecule has 23 heavy (non-hydrogen) atoms. The van der Waals surface area contributed by atoms with Crippen LogP contribution in [0.3, 0.4) is 0 Å². The third kappa shape index (κ3) is 3.23. The van der Waals surface area contributed by atoms with E-state index in [0.29, 0.717) is 17.0 Å². The normalized spacial score (nSPS) is 10.5. The molecule has 0 unspecified atom stereocenters. The molecule has 5 nitrogen and oxygen atoms in total. The number of nitrogens with one attached hydrogen (secondary N) is 2. The first-order valence-electron chi connectivity index (χ1n) is 7.21. The van der Waals surface area contributed by atoms with Gasteiger partial charge in [-0.15, -0.1) is 0 Å². The van der Waals surface area contributed by atoms with Gasteiger partial charge in [0, 0.05) is 23.7 Å². The summed E-state index contributed by atoms with van der Waals surface area (Å²) < 4.78 is 5.55. The lowest BCUT2D eigenvalue weighted by molar-refractivity contribution is -0.114. The van der Waals surface area contributed by atoms with E-state index in [1.807, 2.05) is 31.2 Å². The molecule has 0 bridgehead atoms. The van der Waals surface area contributed by atoms with Crippen LogP contribution >= 0.6 is 0 Å². The van der Waals surface area contributed by atoms with E-state index in [1.54, 1.807) is 24.3 Å². The average molecular weight is 308 g/mol. The maximum atomic E-state index is 12.3. The molecular formula is C18H16N2O3. The van der Waals surface area contributed by atoms with Crippen molar-refractivity contribution in [3.8, 4) is 0 Å². The fourth-order valence-electron chi connectivity index (χ4n) is 2.36. The second-order valence-corrected chi connectivity index (χ2v) is 5.31. The molecule has 0 saturated heterocycles. The fraction of sp³-hybridized carbons (Fsp3) is 0.111. The van der Waals surface area contributed by atoms with Crippen molar-refractivity contribution >= 4 is 34.2 Å². The quantitative estimate of drug-likeness (QED) is 0.769. The molecule has 0 radical (unpaired) electrons. The van der Waals surface area contributed by atoms with Crippen LogP contribution in [0.25, 0.3) is 11.0 Å². The average Bonchev–Trinajstić information content (AvgIpc) is 2.93. The fourth-order valence-corrected chi connectivity index (χ4v) is 2.36. The molecule has 0 fully saturated rings. The highest BCUT2D eigenvalue weighted by Crippen LogP contribution is 2.23.